The first-order chi connectivity index (χ1) is 7.26. The predicted molar refractivity (Wildman–Crippen MR) is 59.8 cm³/mol. The summed E-state index contributed by atoms with van der Waals surface area (Å²) >= 11 is 0. The number of unbranched alkanes of at least 4 members (excludes halogenated alkanes) is 1. The Morgan fingerprint density at radius 3 is 2.87 bits per heavy atom. The third kappa shape index (κ3) is 2.25. The number of amides is 2. The molecule has 86 valence electrons. The first-order valence-corrected chi connectivity index (χ1v) is 5.99. The van der Waals surface area contributed by atoms with E-state index in [2.05, 4.69) is 17.6 Å². The highest BCUT2D eigenvalue weighted by molar-refractivity contribution is 5.74. The third-order valence-corrected chi connectivity index (χ3v) is 3.53. The van der Waals surface area contributed by atoms with Crippen LogP contribution in [-0.2, 0) is 0 Å². The molecule has 2 amide bonds. The zero-order valence-corrected chi connectivity index (χ0v) is 9.51. The summed E-state index contributed by atoms with van der Waals surface area (Å²) in [4.78, 5) is 13.7. The SMILES string of the molecule is CCCCNC(=O)N1CCC2(CNC2)C1. The Balaban J connectivity index is 1.72. The highest BCUT2D eigenvalue weighted by Gasteiger charge is 2.44. The predicted octanol–water partition coefficient (Wildman–Crippen LogP) is 0.791. The monoisotopic (exact) mass is 211 g/mol. The van der Waals surface area contributed by atoms with Gasteiger partial charge in [0.1, 0.15) is 0 Å². The lowest BCUT2D eigenvalue weighted by atomic mass is 9.81. The molecule has 2 rings (SSSR count). The number of nitrogens with one attached hydrogen (secondary N) is 2. The molecule has 0 aromatic carbocycles. The summed E-state index contributed by atoms with van der Waals surface area (Å²) < 4.78 is 0. The standard InChI is InChI=1S/C11H21N3O/c1-2-3-5-13-10(15)14-6-4-11(9-14)7-12-8-11/h12H,2-9H2,1H3,(H,13,15). The summed E-state index contributed by atoms with van der Waals surface area (Å²) in [5.41, 5.74) is 0.419. The van der Waals surface area contributed by atoms with Crippen LogP contribution in [0.3, 0.4) is 0 Å². The lowest BCUT2D eigenvalue weighted by molar-refractivity contribution is 0.166. The lowest BCUT2D eigenvalue weighted by Gasteiger charge is -2.38. The van der Waals surface area contributed by atoms with Gasteiger partial charge < -0.3 is 15.5 Å². The van der Waals surface area contributed by atoms with Crippen molar-refractivity contribution in [3.05, 3.63) is 0 Å². The number of urea groups is 1. The molecule has 2 heterocycles. The number of carbonyl (C=O) groups is 1. The second kappa shape index (κ2) is 4.39. The van der Waals surface area contributed by atoms with Gasteiger partial charge in [0.15, 0.2) is 0 Å². The molecule has 4 nitrogen and oxygen atoms in total. The van der Waals surface area contributed by atoms with Crippen molar-refractivity contribution < 1.29 is 4.79 Å². The quantitative estimate of drug-likeness (QED) is 0.678. The van der Waals surface area contributed by atoms with E-state index in [0.717, 1.165) is 45.6 Å². The zero-order valence-electron chi connectivity index (χ0n) is 9.51. The van der Waals surface area contributed by atoms with Crippen molar-refractivity contribution in [2.24, 2.45) is 5.41 Å². The molecule has 2 saturated heterocycles. The molecule has 0 bridgehead atoms. The number of rotatable bonds is 3. The van der Waals surface area contributed by atoms with Gasteiger partial charge >= 0.3 is 6.03 Å². The maximum atomic E-state index is 11.7. The Morgan fingerprint density at radius 1 is 1.53 bits per heavy atom. The Bertz CT molecular complexity index is 238. The molecule has 0 saturated carbocycles. The van der Waals surface area contributed by atoms with Gasteiger partial charge in [0.25, 0.3) is 0 Å². The maximum Gasteiger partial charge on any atom is 0.317 e. The minimum Gasteiger partial charge on any atom is -0.338 e. The van der Waals surface area contributed by atoms with E-state index in [1.807, 2.05) is 4.90 Å². The first kappa shape index (κ1) is 10.7. The number of hydrogen-bond acceptors (Lipinski definition) is 2. The van der Waals surface area contributed by atoms with Gasteiger partial charge in [0.2, 0.25) is 0 Å². The molecule has 1 spiro atoms. The summed E-state index contributed by atoms with van der Waals surface area (Å²) in [6, 6.07) is 0.132. The van der Waals surface area contributed by atoms with E-state index in [0.29, 0.717) is 5.41 Å². The topological polar surface area (TPSA) is 44.4 Å². The fraction of sp³-hybridized carbons (Fsp3) is 0.909. The highest BCUT2D eigenvalue weighted by Crippen LogP contribution is 2.33. The fourth-order valence-electron chi connectivity index (χ4n) is 2.36. The summed E-state index contributed by atoms with van der Waals surface area (Å²) in [5.74, 6) is 0. The normalized spacial score (nSPS) is 22.9. The van der Waals surface area contributed by atoms with Crippen LogP contribution in [0.1, 0.15) is 26.2 Å². The van der Waals surface area contributed by atoms with Gasteiger partial charge in [0.05, 0.1) is 0 Å². The molecule has 0 aliphatic carbocycles. The van der Waals surface area contributed by atoms with Crippen molar-refractivity contribution in [3.8, 4) is 0 Å². The zero-order chi connectivity index (χ0) is 10.7. The largest absolute Gasteiger partial charge is 0.338 e. The van der Waals surface area contributed by atoms with E-state index in [-0.39, 0.29) is 6.03 Å². The van der Waals surface area contributed by atoms with Gasteiger partial charge in [-0.25, -0.2) is 4.79 Å². The van der Waals surface area contributed by atoms with E-state index >= 15 is 0 Å². The smallest absolute Gasteiger partial charge is 0.317 e. The molecule has 4 heteroatoms. The molecular weight excluding hydrogens is 190 g/mol. The van der Waals surface area contributed by atoms with Crippen LogP contribution in [0.4, 0.5) is 4.79 Å². The Hall–Kier alpha value is -0.770. The number of likely N-dealkylation sites (tertiary alicyclic amines) is 1. The van der Waals surface area contributed by atoms with Crippen LogP contribution in [-0.4, -0.2) is 43.7 Å². The molecular formula is C11H21N3O. The Morgan fingerprint density at radius 2 is 2.33 bits per heavy atom. The van der Waals surface area contributed by atoms with Crippen LogP contribution in [0, 0.1) is 5.41 Å². The molecule has 0 atom stereocenters. The molecule has 0 aromatic heterocycles. The summed E-state index contributed by atoms with van der Waals surface area (Å²) in [6.45, 7) is 7.00. The molecule has 2 aliphatic rings. The minimum absolute atomic E-state index is 0.132. The van der Waals surface area contributed by atoms with E-state index in [9.17, 15) is 4.79 Å². The van der Waals surface area contributed by atoms with Crippen LogP contribution in [0.5, 0.6) is 0 Å². The van der Waals surface area contributed by atoms with Crippen molar-refractivity contribution in [2.45, 2.75) is 26.2 Å². The van der Waals surface area contributed by atoms with E-state index in [1.165, 1.54) is 6.42 Å². The van der Waals surface area contributed by atoms with Crippen molar-refractivity contribution in [3.63, 3.8) is 0 Å². The number of hydrogen-bond donors (Lipinski definition) is 2. The van der Waals surface area contributed by atoms with Gasteiger partial charge in [-0.15, -0.1) is 0 Å². The second-order valence-electron chi connectivity index (χ2n) is 4.86. The summed E-state index contributed by atoms with van der Waals surface area (Å²) in [6.07, 6.45) is 3.38. The van der Waals surface area contributed by atoms with Crippen molar-refractivity contribution in [2.75, 3.05) is 32.7 Å². The Labute approximate surface area is 91.4 Å². The van der Waals surface area contributed by atoms with Gasteiger partial charge in [-0.05, 0) is 12.8 Å². The second-order valence-corrected chi connectivity index (χ2v) is 4.86. The number of carbonyl (C=O) groups excluding carboxylic acids is 1. The molecule has 2 N–H and O–H groups in total. The Kier molecular flexibility index (Phi) is 3.14. The van der Waals surface area contributed by atoms with Gasteiger partial charge in [-0.1, -0.05) is 13.3 Å². The average Bonchev–Trinajstić information content (AvgIpc) is 2.62. The van der Waals surface area contributed by atoms with Gasteiger partial charge in [-0.3, -0.25) is 0 Å². The lowest BCUT2D eigenvalue weighted by Crippen LogP contribution is -2.55. The number of nitrogens with zero attached hydrogens (tertiary/aromatic N) is 1. The third-order valence-electron chi connectivity index (χ3n) is 3.53. The van der Waals surface area contributed by atoms with E-state index in [4.69, 9.17) is 0 Å². The highest BCUT2D eigenvalue weighted by atomic mass is 16.2. The van der Waals surface area contributed by atoms with Crippen LogP contribution in [0.25, 0.3) is 0 Å². The molecule has 0 aromatic rings. The maximum absolute atomic E-state index is 11.7. The van der Waals surface area contributed by atoms with E-state index < -0.39 is 0 Å². The van der Waals surface area contributed by atoms with Crippen LogP contribution >= 0.6 is 0 Å². The minimum atomic E-state index is 0.132. The van der Waals surface area contributed by atoms with Crippen LogP contribution in [0.2, 0.25) is 0 Å². The van der Waals surface area contributed by atoms with Gasteiger partial charge in [-0.2, -0.15) is 0 Å². The molecule has 2 fully saturated rings. The molecule has 0 unspecified atom stereocenters. The van der Waals surface area contributed by atoms with Crippen LogP contribution in [0.15, 0.2) is 0 Å². The van der Waals surface area contributed by atoms with Crippen molar-refractivity contribution in [1.82, 2.24) is 15.5 Å². The van der Waals surface area contributed by atoms with Crippen molar-refractivity contribution >= 4 is 6.03 Å². The fourth-order valence-corrected chi connectivity index (χ4v) is 2.36. The molecule has 15 heavy (non-hydrogen) atoms. The summed E-state index contributed by atoms with van der Waals surface area (Å²) in [5, 5.41) is 6.28. The summed E-state index contributed by atoms with van der Waals surface area (Å²) in [7, 11) is 0. The average molecular weight is 211 g/mol. The van der Waals surface area contributed by atoms with Crippen LogP contribution < -0.4 is 10.6 Å². The first-order valence-electron chi connectivity index (χ1n) is 5.99. The molecule has 2 aliphatic heterocycles. The van der Waals surface area contributed by atoms with E-state index in [1.54, 1.807) is 0 Å². The van der Waals surface area contributed by atoms with Crippen molar-refractivity contribution in [1.29, 1.82) is 0 Å². The molecule has 0 radical (unpaired) electrons. The van der Waals surface area contributed by atoms with Gasteiger partial charge in [0, 0.05) is 38.1 Å².